The van der Waals surface area contributed by atoms with Gasteiger partial charge in [0.25, 0.3) is 0 Å². The van der Waals surface area contributed by atoms with Crippen molar-refractivity contribution in [1.82, 2.24) is 0 Å². The second-order valence-electron chi connectivity index (χ2n) is 16.8. The van der Waals surface area contributed by atoms with Crippen LogP contribution in [0.25, 0.3) is 0 Å². The summed E-state index contributed by atoms with van der Waals surface area (Å²) in [6.45, 7) is 6.39. The summed E-state index contributed by atoms with van der Waals surface area (Å²) in [6.07, 6.45) is 66.6. The molecule has 358 valence electrons. The minimum absolute atomic E-state index is 0.0911. The van der Waals surface area contributed by atoms with Gasteiger partial charge >= 0.3 is 17.9 Å². The predicted octanol–water partition coefficient (Wildman–Crippen LogP) is 17.0. The molecule has 0 aromatic carbocycles. The minimum Gasteiger partial charge on any atom is -0.462 e. The van der Waals surface area contributed by atoms with Crippen molar-refractivity contribution in [2.75, 3.05) is 13.2 Å². The van der Waals surface area contributed by atoms with Gasteiger partial charge < -0.3 is 14.2 Å². The zero-order chi connectivity index (χ0) is 45.8. The van der Waals surface area contributed by atoms with Gasteiger partial charge in [-0.1, -0.05) is 234 Å². The fourth-order valence-electron chi connectivity index (χ4n) is 6.84. The van der Waals surface area contributed by atoms with E-state index < -0.39 is 6.10 Å². The molecule has 0 amide bonds. The number of carbonyl (C=O) groups excluding carboxylic acids is 3. The average Bonchev–Trinajstić information content (AvgIpc) is 3.28. The molecule has 63 heavy (non-hydrogen) atoms. The maximum Gasteiger partial charge on any atom is 0.306 e. The first-order valence-electron chi connectivity index (χ1n) is 25.8. The Morgan fingerprint density at radius 3 is 1.17 bits per heavy atom. The lowest BCUT2D eigenvalue weighted by molar-refractivity contribution is -0.167. The van der Waals surface area contributed by atoms with Crippen molar-refractivity contribution < 1.29 is 28.6 Å². The van der Waals surface area contributed by atoms with Crippen molar-refractivity contribution in [2.45, 2.75) is 232 Å². The molecule has 0 saturated carbocycles. The summed E-state index contributed by atoms with van der Waals surface area (Å²) in [4.78, 5) is 38.0. The van der Waals surface area contributed by atoms with E-state index in [9.17, 15) is 14.4 Å². The predicted molar refractivity (Wildman–Crippen MR) is 270 cm³/mol. The van der Waals surface area contributed by atoms with Crippen molar-refractivity contribution in [2.24, 2.45) is 0 Å². The SMILES string of the molecule is CC/C=C\C/C=C\C/C=C\CCCCCCCCC(=O)OC(COC(=O)CCCCCCC\C=C/C=C\C=C/C=C\C=C/CCC)COC(=O)CCCCCCCCCCCCC. The second-order valence-corrected chi connectivity index (χ2v) is 16.8. The van der Waals surface area contributed by atoms with Gasteiger partial charge in [0.05, 0.1) is 0 Å². The Balaban J connectivity index is 4.46. The zero-order valence-electron chi connectivity index (χ0n) is 40.8. The van der Waals surface area contributed by atoms with E-state index >= 15 is 0 Å². The summed E-state index contributed by atoms with van der Waals surface area (Å²) >= 11 is 0. The number of hydrogen-bond donors (Lipinski definition) is 0. The van der Waals surface area contributed by atoms with Crippen LogP contribution >= 0.6 is 0 Å². The molecule has 6 nitrogen and oxygen atoms in total. The van der Waals surface area contributed by atoms with Crippen LogP contribution in [0.5, 0.6) is 0 Å². The Kier molecular flexibility index (Phi) is 48.0. The highest BCUT2D eigenvalue weighted by Gasteiger charge is 2.19. The summed E-state index contributed by atoms with van der Waals surface area (Å²) in [5.41, 5.74) is 0. The average molecular weight is 875 g/mol. The number of carbonyl (C=O) groups is 3. The Bertz CT molecular complexity index is 1280. The fourth-order valence-corrected chi connectivity index (χ4v) is 6.84. The Labute approximate surface area is 387 Å². The molecule has 0 aliphatic carbocycles. The summed E-state index contributed by atoms with van der Waals surface area (Å²) in [7, 11) is 0. The van der Waals surface area contributed by atoms with E-state index in [4.69, 9.17) is 14.2 Å². The van der Waals surface area contributed by atoms with Crippen LogP contribution < -0.4 is 0 Å². The van der Waals surface area contributed by atoms with Gasteiger partial charge in [-0.25, -0.2) is 0 Å². The first kappa shape index (κ1) is 59.3. The lowest BCUT2D eigenvalue weighted by atomic mass is 10.1. The first-order chi connectivity index (χ1) is 31.0. The van der Waals surface area contributed by atoms with Gasteiger partial charge in [-0.3, -0.25) is 14.4 Å². The summed E-state index contributed by atoms with van der Waals surface area (Å²) in [5, 5.41) is 0. The molecular formula is C57H94O6. The highest BCUT2D eigenvalue weighted by molar-refractivity contribution is 5.71. The van der Waals surface area contributed by atoms with Crippen molar-refractivity contribution in [3.63, 3.8) is 0 Å². The number of unbranched alkanes of at least 4 members (excludes halogenated alkanes) is 22. The van der Waals surface area contributed by atoms with Crippen molar-refractivity contribution in [3.05, 3.63) is 97.2 Å². The van der Waals surface area contributed by atoms with Gasteiger partial charge in [0.1, 0.15) is 13.2 Å². The molecule has 0 aliphatic heterocycles. The number of allylic oxidation sites excluding steroid dienone is 16. The maximum atomic E-state index is 12.8. The van der Waals surface area contributed by atoms with E-state index in [1.165, 1.54) is 70.6 Å². The van der Waals surface area contributed by atoms with Crippen LogP contribution in [-0.2, 0) is 28.6 Å². The number of hydrogen-bond acceptors (Lipinski definition) is 6. The maximum absolute atomic E-state index is 12.8. The van der Waals surface area contributed by atoms with Gasteiger partial charge in [0.15, 0.2) is 6.10 Å². The summed E-state index contributed by atoms with van der Waals surface area (Å²) in [5.74, 6) is -0.933. The topological polar surface area (TPSA) is 78.9 Å². The molecule has 0 N–H and O–H groups in total. The van der Waals surface area contributed by atoms with Crippen LogP contribution in [0.2, 0.25) is 0 Å². The molecule has 0 aromatic heterocycles. The molecule has 0 saturated heterocycles. The molecule has 0 rings (SSSR count). The van der Waals surface area contributed by atoms with Crippen LogP contribution in [0.4, 0.5) is 0 Å². The molecule has 0 heterocycles. The summed E-state index contributed by atoms with van der Waals surface area (Å²) < 4.78 is 16.8. The first-order valence-corrected chi connectivity index (χ1v) is 25.8. The second kappa shape index (κ2) is 51.0. The highest BCUT2D eigenvalue weighted by atomic mass is 16.6. The Hall–Kier alpha value is -3.67. The third kappa shape index (κ3) is 49.2. The molecule has 0 bridgehead atoms. The number of ether oxygens (including phenoxy) is 3. The van der Waals surface area contributed by atoms with Gasteiger partial charge in [0, 0.05) is 19.3 Å². The Morgan fingerprint density at radius 1 is 0.349 bits per heavy atom. The van der Waals surface area contributed by atoms with Gasteiger partial charge in [0.2, 0.25) is 0 Å². The molecule has 0 radical (unpaired) electrons. The van der Waals surface area contributed by atoms with E-state index in [0.29, 0.717) is 19.3 Å². The van der Waals surface area contributed by atoms with Crippen LogP contribution in [0.1, 0.15) is 226 Å². The van der Waals surface area contributed by atoms with Gasteiger partial charge in [-0.05, 0) is 70.6 Å². The standard InChI is InChI=1S/C57H94O6/c1-4-7-10-13-16-19-22-24-26-28-29-31-32-35-38-41-44-47-50-56(59)62-53-54(52-61-55(58)49-46-43-40-37-34-21-18-15-12-9-6-3)63-57(60)51-48-45-42-39-36-33-30-27-25-23-20-17-14-11-8-5-2/h8,10-11,13,16-17,19-20,22,24-29,31,54H,4-7,9,12,14-15,18,21,23,30,32-53H2,1-3H3/b11-8-,13-10-,19-16-,20-17-,24-22-,27-25-,28-26-,31-29-. The number of rotatable bonds is 45. The molecule has 0 aromatic rings. The minimum atomic E-state index is -0.794. The third-order valence-corrected chi connectivity index (χ3v) is 10.7. The van der Waals surface area contributed by atoms with E-state index in [0.717, 1.165) is 116 Å². The van der Waals surface area contributed by atoms with Crippen molar-refractivity contribution in [1.29, 1.82) is 0 Å². The van der Waals surface area contributed by atoms with Crippen molar-refractivity contribution in [3.8, 4) is 0 Å². The molecular weight excluding hydrogens is 781 g/mol. The quantitative estimate of drug-likeness (QED) is 0.0199. The molecule has 0 fully saturated rings. The smallest absolute Gasteiger partial charge is 0.306 e. The lowest BCUT2D eigenvalue weighted by Crippen LogP contribution is -2.30. The third-order valence-electron chi connectivity index (χ3n) is 10.7. The van der Waals surface area contributed by atoms with E-state index in [1.807, 2.05) is 24.3 Å². The molecule has 0 spiro atoms. The van der Waals surface area contributed by atoms with Gasteiger partial charge in [-0.2, -0.15) is 0 Å². The fraction of sp³-hybridized carbons (Fsp3) is 0.667. The van der Waals surface area contributed by atoms with E-state index in [-0.39, 0.29) is 31.1 Å². The zero-order valence-corrected chi connectivity index (χ0v) is 40.8. The molecule has 0 aliphatic rings. The Morgan fingerprint density at radius 2 is 0.714 bits per heavy atom. The monoisotopic (exact) mass is 875 g/mol. The van der Waals surface area contributed by atoms with Gasteiger partial charge in [-0.15, -0.1) is 0 Å². The van der Waals surface area contributed by atoms with Crippen molar-refractivity contribution >= 4 is 17.9 Å². The largest absolute Gasteiger partial charge is 0.462 e. The number of esters is 3. The highest BCUT2D eigenvalue weighted by Crippen LogP contribution is 2.14. The molecule has 1 unspecified atom stereocenters. The lowest BCUT2D eigenvalue weighted by Gasteiger charge is -2.18. The normalized spacial score (nSPS) is 12.9. The van der Waals surface area contributed by atoms with Crippen LogP contribution in [0.15, 0.2) is 97.2 Å². The van der Waals surface area contributed by atoms with Crippen LogP contribution in [0, 0.1) is 0 Å². The molecule has 1 atom stereocenters. The van der Waals surface area contributed by atoms with Crippen LogP contribution in [-0.4, -0.2) is 37.2 Å². The van der Waals surface area contributed by atoms with E-state index in [1.54, 1.807) is 0 Å². The van der Waals surface area contributed by atoms with E-state index in [2.05, 4.69) is 93.7 Å². The van der Waals surface area contributed by atoms with Crippen LogP contribution in [0.3, 0.4) is 0 Å². The molecule has 6 heteroatoms. The summed E-state index contributed by atoms with van der Waals surface area (Å²) in [6, 6.07) is 0.